The number of carbonyl (C=O) groups excluding carboxylic acids is 1. The first-order chi connectivity index (χ1) is 18.2. The normalized spacial score (nSPS) is 20.3. The molecule has 1 aliphatic heterocycles. The molecule has 1 saturated heterocycles. The summed E-state index contributed by atoms with van der Waals surface area (Å²) >= 11 is 0. The number of amides is 1. The summed E-state index contributed by atoms with van der Waals surface area (Å²) in [4.78, 5) is 19.1. The number of anilines is 1. The van der Waals surface area contributed by atoms with Gasteiger partial charge in [0.1, 0.15) is 11.9 Å². The van der Waals surface area contributed by atoms with Crippen LogP contribution in [-0.4, -0.2) is 55.7 Å². The minimum absolute atomic E-state index is 0.300. The molecule has 10 heteroatoms. The van der Waals surface area contributed by atoms with Crippen LogP contribution in [0.3, 0.4) is 0 Å². The standard InChI is InChI=1S/C28H30N8O2/c1-28(2,3)33-27(37)38-16-24-22-14-35(15-23(22)24)25-6-5-17(9-30-25)21-7-18(20-11-31-34(4)12-20)13-36-26(21)19(8-29)10-32-36/h5-7,9-13,22-24H,14-16H2,1-4H3,(H,33,37). The lowest BCUT2D eigenvalue weighted by Gasteiger charge is -2.22. The fourth-order valence-electron chi connectivity index (χ4n) is 5.48. The molecule has 1 aliphatic carbocycles. The van der Waals surface area contributed by atoms with Crippen molar-refractivity contribution in [2.75, 3.05) is 24.6 Å². The van der Waals surface area contributed by atoms with E-state index in [9.17, 15) is 10.1 Å². The number of alkyl carbamates (subject to hydrolysis) is 1. The Morgan fingerprint density at radius 2 is 1.89 bits per heavy atom. The largest absolute Gasteiger partial charge is 0.449 e. The van der Waals surface area contributed by atoms with Gasteiger partial charge in [-0.2, -0.15) is 15.5 Å². The summed E-state index contributed by atoms with van der Waals surface area (Å²) in [6.45, 7) is 8.10. The maximum atomic E-state index is 12.0. The molecule has 2 unspecified atom stereocenters. The summed E-state index contributed by atoms with van der Waals surface area (Å²) in [5, 5.41) is 21.2. The van der Waals surface area contributed by atoms with Crippen molar-refractivity contribution in [2.24, 2.45) is 24.8 Å². The van der Waals surface area contributed by atoms with Crippen molar-refractivity contribution in [1.29, 1.82) is 5.26 Å². The molecule has 2 atom stereocenters. The molecular formula is C28H30N8O2. The lowest BCUT2D eigenvalue weighted by atomic mass is 10.0. The van der Waals surface area contributed by atoms with Gasteiger partial charge in [0.15, 0.2) is 0 Å². The smallest absolute Gasteiger partial charge is 0.407 e. The third-order valence-electron chi connectivity index (χ3n) is 7.41. The van der Waals surface area contributed by atoms with Crippen molar-refractivity contribution in [3.63, 3.8) is 0 Å². The molecular weight excluding hydrogens is 480 g/mol. The SMILES string of the molecule is Cn1cc(-c2cc(-c3ccc(N4CC5C(COC(=O)NC(C)(C)C)C5C4)nc3)c3c(C#N)cnn3c2)cn1. The van der Waals surface area contributed by atoms with Gasteiger partial charge in [-0.15, -0.1) is 0 Å². The molecule has 1 saturated carbocycles. The number of aromatic nitrogens is 5. The van der Waals surface area contributed by atoms with E-state index in [4.69, 9.17) is 9.72 Å². The molecule has 0 bridgehead atoms. The van der Waals surface area contributed by atoms with Crippen LogP contribution in [0.5, 0.6) is 0 Å². The molecule has 0 aromatic carbocycles. The summed E-state index contributed by atoms with van der Waals surface area (Å²) in [6.07, 6.45) is 8.80. The lowest BCUT2D eigenvalue weighted by Crippen LogP contribution is -2.41. The second-order valence-electron chi connectivity index (χ2n) is 11.3. The second kappa shape index (κ2) is 8.87. The van der Waals surface area contributed by atoms with E-state index < -0.39 is 0 Å². The van der Waals surface area contributed by atoms with Gasteiger partial charge < -0.3 is 15.0 Å². The highest BCUT2D eigenvalue weighted by Gasteiger charge is 2.56. The van der Waals surface area contributed by atoms with Gasteiger partial charge in [0, 0.05) is 72.4 Å². The topological polar surface area (TPSA) is 113 Å². The summed E-state index contributed by atoms with van der Waals surface area (Å²) in [5.74, 6) is 2.41. The van der Waals surface area contributed by atoms with Crippen LogP contribution in [0.25, 0.3) is 27.8 Å². The molecule has 2 aliphatic rings. The van der Waals surface area contributed by atoms with E-state index in [-0.39, 0.29) is 11.6 Å². The van der Waals surface area contributed by atoms with E-state index in [1.54, 1.807) is 15.4 Å². The fraction of sp³-hybridized carbons (Fsp3) is 0.393. The summed E-state index contributed by atoms with van der Waals surface area (Å²) in [6, 6.07) is 8.42. The quantitative estimate of drug-likeness (QED) is 0.433. The van der Waals surface area contributed by atoms with Gasteiger partial charge in [0.05, 0.1) is 30.1 Å². The number of piperidine rings is 1. The number of ether oxygens (including phenoxy) is 1. The highest BCUT2D eigenvalue weighted by molar-refractivity contribution is 5.87. The van der Waals surface area contributed by atoms with E-state index >= 15 is 0 Å². The van der Waals surface area contributed by atoms with Crippen LogP contribution in [0.15, 0.2) is 49.2 Å². The Labute approximate surface area is 220 Å². The van der Waals surface area contributed by atoms with Gasteiger partial charge in [0.2, 0.25) is 0 Å². The number of fused-ring (bicyclic) bond motifs is 2. The van der Waals surface area contributed by atoms with Crippen molar-refractivity contribution in [1.82, 2.24) is 29.7 Å². The van der Waals surface area contributed by atoms with E-state index in [2.05, 4.69) is 38.6 Å². The third kappa shape index (κ3) is 4.45. The van der Waals surface area contributed by atoms with Gasteiger partial charge in [-0.1, -0.05) is 0 Å². The van der Waals surface area contributed by atoms with Gasteiger partial charge in [-0.05, 0) is 50.8 Å². The number of nitriles is 1. The Morgan fingerprint density at radius 3 is 2.53 bits per heavy atom. The fourth-order valence-corrected chi connectivity index (χ4v) is 5.48. The van der Waals surface area contributed by atoms with Crippen LogP contribution in [0.1, 0.15) is 26.3 Å². The van der Waals surface area contributed by atoms with Crippen molar-refractivity contribution in [3.05, 3.63) is 54.7 Å². The van der Waals surface area contributed by atoms with E-state index in [1.807, 2.05) is 58.7 Å². The molecule has 10 nitrogen and oxygen atoms in total. The highest BCUT2D eigenvalue weighted by Crippen LogP contribution is 2.52. The van der Waals surface area contributed by atoms with E-state index in [0.717, 1.165) is 46.7 Å². The zero-order valence-electron chi connectivity index (χ0n) is 21.9. The molecule has 1 N–H and O–H groups in total. The number of aryl methyl sites for hydroxylation is 1. The maximum Gasteiger partial charge on any atom is 0.407 e. The molecule has 2 fully saturated rings. The molecule has 6 rings (SSSR count). The Hall–Kier alpha value is -4.39. The second-order valence-corrected chi connectivity index (χ2v) is 11.3. The molecule has 194 valence electrons. The van der Waals surface area contributed by atoms with Crippen LogP contribution in [0.4, 0.5) is 10.6 Å². The Bertz CT molecular complexity index is 1540. The van der Waals surface area contributed by atoms with Gasteiger partial charge in [0.25, 0.3) is 0 Å². The predicted molar refractivity (Wildman–Crippen MR) is 142 cm³/mol. The summed E-state index contributed by atoms with van der Waals surface area (Å²) < 4.78 is 8.97. The first kappa shape index (κ1) is 24.0. The van der Waals surface area contributed by atoms with E-state index in [0.29, 0.717) is 29.9 Å². The lowest BCUT2D eigenvalue weighted by molar-refractivity contribution is 0.129. The maximum absolute atomic E-state index is 12.0. The minimum Gasteiger partial charge on any atom is -0.449 e. The van der Waals surface area contributed by atoms with Crippen LogP contribution >= 0.6 is 0 Å². The van der Waals surface area contributed by atoms with Gasteiger partial charge in [-0.25, -0.2) is 14.3 Å². The number of pyridine rings is 2. The third-order valence-corrected chi connectivity index (χ3v) is 7.41. The first-order valence-electron chi connectivity index (χ1n) is 12.8. The Morgan fingerprint density at radius 1 is 1.11 bits per heavy atom. The summed E-state index contributed by atoms with van der Waals surface area (Å²) in [7, 11) is 1.88. The number of hydrogen-bond donors (Lipinski definition) is 1. The van der Waals surface area contributed by atoms with Crippen LogP contribution in [0, 0.1) is 29.1 Å². The van der Waals surface area contributed by atoms with Crippen LogP contribution < -0.4 is 10.2 Å². The molecule has 4 aromatic rings. The number of rotatable bonds is 5. The average Bonchev–Trinajstić information content (AvgIpc) is 3.32. The molecule has 0 spiro atoms. The molecule has 5 heterocycles. The number of nitrogens with one attached hydrogen (secondary N) is 1. The highest BCUT2D eigenvalue weighted by atomic mass is 16.5. The number of nitrogens with zero attached hydrogens (tertiary/aromatic N) is 7. The number of hydrogen-bond acceptors (Lipinski definition) is 7. The van der Waals surface area contributed by atoms with Crippen molar-refractivity contribution < 1.29 is 9.53 Å². The molecule has 1 amide bonds. The molecule has 4 aromatic heterocycles. The summed E-state index contributed by atoms with van der Waals surface area (Å²) in [5.41, 5.74) is 4.73. The van der Waals surface area contributed by atoms with Crippen molar-refractivity contribution in [2.45, 2.75) is 26.3 Å². The van der Waals surface area contributed by atoms with Crippen molar-refractivity contribution >= 4 is 17.4 Å². The monoisotopic (exact) mass is 510 g/mol. The predicted octanol–water partition coefficient (Wildman–Crippen LogP) is 3.88. The van der Waals surface area contributed by atoms with Gasteiger partial charge in [-0.3, -0.25) is 4.68 Å². The average molecular weight is 511 g/mol. The van der Waals surface area contributed by atoms with Crippen molar-refractivity contribution in [3.8, 4) is 28.3 Å². The van der Waals surface area contributed by atoms with E-state index in [1.165, 1.54) is 0 Å². The zero-order valence-corrected chi connectivity index (χ0v) is 21.9. The number of carbonyl (C=O) groups is 1. The van der Waals surface area contributed by atoms with Gasteiger partial charge >= 0.3 is 6.09 Å². The zero-order chi connectivity index (χ0) is 26.6. The van der Waals surface area contributed by atoms with Crippen LogP contribution in [0.2, 0.25) is 0 Å². The van der Waals surface area contributed by atoms with Crippen LogP contribution in [-0.2, 0) is 11.8 Å². The molecule has 0 radical (unpaired) electrons. The minimum atomic E-state index is -0.351. The Kier molecular flexibility index (Phi) is 5.60. The first-order valence-corrected chi connectivity index (χ1v) is 12.8. The Balaban J connectivity index is 1.17. The molecule has 38 heavy (non-hydrogen) atoms.